The van der Waals surface area contributed by atoms with Crippen molar-refractivity contribution in [1.82, 2.24) is 0 Å². The van der Waals surface area contributed by atoms with Crippen molar-refractivity contribution in [3.63, 3.8) is 0 Å². The van der Waals surface area contributed by atoms with E-state index in [1.54, 1.807) is 24.3 Å². The summed E-state index contributed by atoms with van der Waals surface area (Å²) in [5.41, 5.74) is 0.680. The molecule has 0 aliphatic rings. The molecule has 0 spiro atoms. The van der Waals surface area contributed by atoms with E-state index in [-0.39, 0.29) is 24.7 Å². The Morgan fingerprint density at radius 3 is 2.00 bits per heavy atom. The third-order valence-electron chi connectivity index (χ3n) is 3.55. The summed E-state index contributed by atoms with van der Waals surface area (Å²) in [6, 6.07) is 4.91. The van der Waals surface area contributed by atoms with Gasteiger partial charge in [0, 0.05) is 0 Å². The molecule has 0 fully saturated rings. The Bertz CT molecular complexity index is 652. The molecular formula is C21H28O7. The lowest BCUT2D eigenvalue weighted by molar-refractivity contribution is -0.147. The maximum Gasteiger partial charge on any atom is 0.344 e. The van der Waals surface area contributed by atoms with Gasteiger partial charge in [-0.15, -0.1) is 0 Å². The molecule has 0 N–H and O–H groups in total. The SMILES string of the molecule is CCCCOC(=O)COc1ccc(C=CC=O)cc1OCC(=O)OCCCC. The molecule has 0 aliphatic carbocycles. The number of hydrogen-bond donors (Lipinski definition) is 0. The van der Waals surface area contributed by atoms with Gasteiger partial charge in [-0.3, -0.25) is 4.79 Å². The van der Waals surface area contributed by atoms with Crippen molar-refractivity contribution in [2.24, 2.45) is 0 Å². The van der Waals surface area contributed by atoms with Gasteiger partial charge in [0.25, 0.3) is 0 Å². The lowest BCUT2D eigenvalue weighted by Gasteiger charge is -2.13. The second kappa shape index (κ2) is 14.3. The Labute approximate surface area is 165 Å². The first-order valence-electron chi connectivity index (χ1n) is 9.43. The summed E-state index contributed by atoms with van der Waals surface area (Å²) >= 11 is 0. The van der Waals surface area contributed by atoms with Crippen molar-refractivity contribution in [3.05, 3.63) is 29.8 Å². The van der Waals surface area contributed by atoms with Crippen LogP contribution in [-0.2, 0) is 23.9 Å². The molecule has 0 atom stereocenters. The first kappa shape index (κ1) is 23.2. The zero-order valence-corrected chi connectivity index (χ0v) is 16.5. The Kier molecular flexibility index (Phi) is 11.8. The van der Waals surface area contributed by atoms with Gasteiger partial charge in [0.05, 0.1) is 13.2 Å². The normalized spacial score (nSPS) is 10.5. The minimum absolute atomic E-state index is 0.266. The second-order valence-corrected chi connectivity index (χ2v) is 5.93. The zero-order valence-electron chi connectivity index (χ0n) is 16.5. The Morgan fingerprint density at radius 1 is 0.893 bits per heavy atom. The van der Waals surface area contributed by atoms with Crippen LogP contribution in [0.2, 0.25) is 0 Å². The minimum atomic E-state index is -0.493. The maximum absolute atomic E-state index is 11.7. The lowest BCUT2D eigenvalue weighted by Crippen LogP contribution is -2.18. The molecule has 0 heterocycles. The van der Waals surface area contributed by atoms with E-state index in [1.807, 2.05) is 13.8 Å². The van der Waals surface area contributed by atoms with Crippen LogP contribution in [0.4, 0.5) is 0 Å². The molecule has 0 saturated heterocycles. The summed E-state index contributed by atoms with van der Waals surface area (Å²) in [6.07, 6.45) is 7.00. The number of rotatable bonds is 14. The maximum atomic E-state index is 11.7. The van der Waals surface area contributed by atoms with Crippen molar-refractivity contribution in [3.8, 4) is 11.5 Å². The third kappa shape index (κ3) is 9.75. The van der Waals surface area contributed by atoms with Gasteiger partial charge in [-0.05, 0) is 36.6 Å². The van der Waals surface area contributed by atoms with Crippen LogP contribution in [0.15, 0.2) is 24.3 Å². The number of carbonyl (C=O) groups is 3. The fourth-order valence-electron chi connectivity index (χ4n) is 2.03. The first-order valence-corrected chi connectivity index (χ1v) is 9.43. The van der Waals surface area contributed by atoms with Crippen LogP contribution >= 0.6 is 0 Å². The summed E-state index contributed by atoms with van der Waals surface area (Å²) in [5.74, 6) is -0.422. The fraction of sp³-hybridized carbons (Fsp3) is 0.476. The third-order valence-corrected chi connectivity index (χ3v) is 3.55. The van der Waals surface area contributed by atoms with E-state index in [2.05, 4.69) is 0 Å². The predicted octanol–water partition coefficient (Wildman–Crippen LogP) is 3.34. The van der Waals surface area contributed by atoms with Gasteiger partial charge in [0.15, 0.2) is 24.7 Å². The van der Waals surface area contributed by atoms with Gasteiger partial charge in [0.1, 0.15) is 6.29 Å². The second-order valence-electron chi connectivity index (χ2n) is 5.93. The van der Waals surface area contributed by atoms with E-state index in [4.69, 9.17) is 18.9 Å². The number of benzene rings is 1. The van der Waals surface area contributed by atoms with E-state index in [0.29, 0.717) is 25.1 Å². The molecule has 0 aliphatic heterocycles. The van der Waals surface area contributed by atoms with Gasteiger partial charge in [-0.2, -0.15) is 0 Å². The number of aldehydes is 1. The van der Waals surface area contributed by atoms with E-state index >= 15 is 0 Å². The van der Waals surface area contributed by atoms with Gasteiger partial charge in [-0.25, -0.2) is 9.59 Å². The predicted molar refractivity (Wildman–Crippen MR) is 104 cm³/mol. The summed E-state index contributed by atoms with van der Waals surface area (Å²) in [7, 11) is 0. The number of carbonyl (C=O) groups excluding carboxylic acids is 3. The van der Waals surface area contributed by atoms with Crippen LogP contribution < -0.4 is 9.47 Å². The van der Waals surface area contributed by atoms with Crippen LogP contribution in [0.1, 0.15) is 45.1 Å². The molecule has 1 aromatic rings. The van der Waals surface area contributed by atoms with Gasteiger partial charge < -0.3 is 18.9 Å². The minimum Gasteiger partial charge on any atom is -0.478 e. The summed E-state index contributed by atoms with van der Waals surface area (Å²) in [5, 5.41) is 0. The summed E-state index contributed by atoms with van der Waals surface area (Å²) in [4.78, 5) is 34.0. The molecule has 28 heavy (non-hydrogen) atoms. The van der Waals surface area contributed by atoms with Crippen molar-refractivity contribution in [2.75, 3.05) is 26.4 Å². The lowest BCUT2D eigenvalue weighted by atomic mass is 10.2. The quantitative estimate of drug-likeness (QED) is 0.208. The Hall–Kier alpha value is -2.83. The van der Waals surface area contributed by atoms with Crippen LogP contribution in [0.25, 0.3) is 6.08 Å². The van der Waals surface area contributed by atoms with Crippen LogP contribution in [0.3, 0.4) is 0 Å². The van der Waals surface area contributed by atoms with Crippen molar-refractivity contribution in [2.45, 2.75) is 39.5 Å². The van der Waals surface area contributed by atoms with Crippen molar-refractivity contribution in [1.29, 1.82) is 0 Å². The molecule has 0 aromatic heterocycles. The highest BCUT2D eigenvalue weighted by Crippen LogP contribution is 2.29. The molecule has 1 rings (SSSR count). The first-order chi connectivity index (χ1) is 13.6. The van der Waals surface area contributed by atoms with Crippen LogP contribution in [-0.4, -0.2) is 44.7 Å². The summed E-state index contributed by atoms with van der Waals surface area (Å²) in [6.45, 7) is 4.13. The van der Waals surface area contributed by atoms with Gasteiger partial charge >= 0.3 is 11.9 Å². The Balaban J connectivity index is 2.72. The van der Waals surface area contributed by atoms with E-state index < -0.39 is 11.9 Å². The largest absolute Gasteiger partial charge is 0.478 e. The number of ether oxygens (including phenoxy) is 4. The van der Waals surface area contributed by atoms with Crippen molar-refractivity contribution >= 4 is 24.3 Å². The van der Waals surface area contributed by atoms with Crippen LogP contribution in [0, 0.1) is 0 Å². The molecule has 0 bridgehead atoms. The molecule has 0 radical (unpaired) electrons. The standard InChI is InChI=1S/C21H28O7/c1-3-5-12-25-20(23)15-27-18-10-9-17(8-7-11-22)14-19(18)28-16-21(24)26-13-6-4-2/h7-11,14H,3-6,12-13,15-16H2,1-2H3. The van der Waals surface area contributed by atoms with Gasteiger partial charge in [-0.1, -0.05) is 38.8 Å². The average Bonchev–Trinajstić information content (AvgIpc) is 2.70. The highest BCUT2D eigenvalue weighted by Gasteiger charge is 2.12. The highest BCUT2D eigenvalue weighted by molar-refractivity contribution is 5.75. The number of allylic oxidation sites excluding steroid dienone is 1. The molecule has 0 amide bonds. The molecule has 1 aromatic carbocycles. The average molecular weight is 392 g/mol. The number of hydrogen-bond acceptors (Lipinski definition) is 7. The summed E-state index contributed by atoms with van der Waals surface area (Å²) < 4.78 is 21.1. The van der Waals surface area contributed by atoms with E-state index in [0.717, 1.165) is 25.7 Å². The smallest absolute Gasteiger partial charge is 0.344 e. The fourth-order valence-corrected chi connectivity index (χ4v) is 2.03. The number of unbranched alkanes of at least 4 members (excludes halogenated alkanes) is 2. The van der Waals surface area contributed by atoms with Crippen molar-refractivity contribution < 1.29 is 33.3 Å². The molecule has 7 nitrogen and oxygen atoms in total. The Morgan fingerprint density at radius 2 is 1.46 bits per heavy atom. The van der Waals surface area contributed by atoms with Gasteiger partial charge in [0.2, 0.25) is 0 Å². The number of esters is 2. The molecular weight excluding hydrogens is 364 g/mol. The molecule has 0 saturated carbocycles. The van der Waals surface area contributed by atoms with E-state index in [1.165, 1.54) is 6.08 Å². The van der Waals surface area contributed by atoms with E-state index in [9.17, 15) is 14.4 Å². The molecule has 154 valence electrons. The topological polar surface area (TPSA) is 88.1 Å². The monoisotopic (exact) mass is 392 g/mol. The molecule has 0 unspecified atom stereocenters. The van der Waals surface area contributed by atoms with Crippen LogP contribution in [0.5, 0.6) is 11.5 Å². The molecule has 7 heteroatoms. The highest BCUT2D eigenvalue weighted by atomic mass is 16.6. The zero-order chi connectivity index (χ0) is 20.6.